The highest BCUT2D eigenvalue weighted by molar-refractivity contribution is 6.06. The summed E-state index contributed by atoms with van der Waals surface area (Å²) < 4.78 is 5.05. The quantitative estimate of drug-likeness (QED) is 0.852. The summed E-state index contributed by atoms with van der Waals surface area (Å²) in [6.45, 7) is 3.61. The number of para-hydroxylation sites is 1. The van der Waals surface area contributed by atoms with Gasteiger partial charge in [-0.15, -0.1) is 0 Å². The van der Waals surface area contributed by atoms with Crippen molar-refractivity contribution < 1.29 is 19.1 Å². The number of anilines is 1. The van der Waals surface area contributed by atoms with Crippen LogP contribution in [0.2, 0.25) is 0 Å². The maximum atomic E-state index is 13.1. The summed E-state index contributed by atoms with van der Waals surface area (Å²) in [6.07, 6.45) is -1.72. The average molecular weight is 381 g/mol. The molecule has 0 aromatic heterocycles. The number of hydrogen-bond donors (Lipinski definition) is 2. The van der Waals surface area contributed by atoms with Crippen molar-refractivity contribution in [3.63, 3.8) is 0 Å². The zero-order valence-corrected chi connectivity index (χ0v) is 16.1. The molecule has 3 amide bonds. The van der Waals surface area contributed by atoms with Crippen molar-refractivity contribution in [2.24, 2.45) is 0 Å². The Balaban J connectivity index is 1.92. The number of benzene rings is 2. The highest BCUT2D eigenvalue weighted by atomic mass is 16.6. The summed E-state index contributed by atoms with van der Waals surface area (Å²) in [5.74, 6) is -0.810. The van der Waals surface area contributed by atoms with E-state index in [1.54, 1.807) is 14.0 Å². The van der Waals surface area contributed by atoms with Crippen molar-refractivity contribution in [2.75, 3.05) is 18.5 Å². The molecule has 1 aliphatic rings. The van der Waals surface area contributed by atoms with Crippen molar-refractivity contribution >= 4 is 23.6 Å². The van der Waals surface area contributed by atoms with E-state index < -0.39 is 24.1 Å². The van der Waals surface area contributed by atoms with Crippen LogP contribution in [0.25, 0.3) is 11.1 Å². The number of hydrogen-bond acceptors (Lipinski definition) is 4. The molecule has 2 atom stereocenters. The minimum Gasteiger partial charge on any atom is -0.436 e. The monoisotopic (exact) mass is 381 g/mol. The lowest BCUT2D eigenvalue weighted by molar-refractivity contribution is -0.132. The van der Waals surface area contributed by atoms with Crippen LogP contribution in [-0.2, 0) is 14.3 Å². The molecule has 3 rings (SSSR count). The molecule has 0 spiro atoms. The molecule has 7 heteroatoms. The number of amides is 3. The third-order valence-corrected chi connectivity index (χ3v) is 4.67. The summed E-state index contributed by atoms with van der Waals surface area (Å²) in [7, 11) is 1.68. The summed E-state index contributed by atoms with van der Waals surface area (Å²) >= 11 is 0. The number of nitrogens with one attached hydrogen (secondary N) is 2. The lowest BCUT2D eigenvalue weighted by Crippen LogP contribution is -2.45. The minimum atomic E-state index is -1.04. The van der Waals surface area contributed by atoms with Gasteiger partial charge in [-0.2, -0.15) is 0 Å². The second-order valence-electron chi connectivity index (χ2n) is 6.52. The van der Waals surface area contributed by atoms with Gasteiger partial charge in [0.05, 0.1) is 5.69 Å². The van der Waals surface area contributed by atoms with Gasteiger partial charge in [-0.3, -0.25) is 9.59 Å². The first-order valence-electron chi connectivity index (χ1n) is 9.14. The average Bonchev–Trinajstić information content (AvgIpc) is 2.78. The topological polar surface area (TPSA) is 87.7 Å². The van der Waals surface area contributed by atoms with Gasteiger partial charge < -0.3 is 20.3 Å². The van der Waals surface area contributed by atoms with E-state index in [1.807, 2.05) is 48.5 Å². The fourth-order valence-corrected chi connectivity index (χ4v) is 3.23. The molecule has 146 valence electrons. The van der Waals surface area contributed by atoms with Crippen molar-refractivity contribution in [2.45, 2.75) is 26.0 Å². The summed E-state index contributed by atoms with van der Waals surface area (Å²) in [4.78, 5) is 38.9. The van der Waals surface area contributed by atoms with Crippen molar-refractivity contribution in [3.8, 4) is 11.1 Å². The fourth-order valence-electron chi connectivity index (χ4n) is 3.23. The van der Waals surface area contributed by atoms with Gasteiger partial charge in [0.2, 0.25) is 0 Å². The maximum Gasteiger partial charge on any atom is 0.407 e. The fraction of sp³-hybridized carbons (Fsp3) is 0.286. The van der Waals surface area contributed by atoms with Crippen LogP contribution >= 0.6 is 0 Å². The summed E-state index contributed by atoms with van der Waals surface area (Å²) in [5.41, 5.74) is 3.25. The van der Waals surface area contributed by atoms with Gasteiger partial charge in [-0.1, -0.05) is 42.5 Å². The smallest absolute Gasteiger partial charge is 0.407 e. The van der Waals surface area contributed by atoms with E-state index in [2.05, 4.69) is 10.6 Å². The molecule has 1 aliphatic heterocycles. The number of carbonyl (C=O) groups excluding carboxylic acids is 3. The maximum absolute atomic E-state index is 13.1. The van der Waals surface area contributed by atoms with E-state index in [0.717, 1.165) is 16.8 Å². The molecule has 0 fully saturated rings. The summed E-state index contributed by atoms with van der Waals surface area (Å²) in [6, 6.07) is 14.2. The van der Waals surface area contributed by atoms with Crippen molar-refractivity contribution in [1.29, 1.82) is 0 Å². The Morgan fingerprint density at radius 2 is 1.75 bits per heavy atom. The standard InChI is InChI=1S/C21H23N3O4/c1-4-22-21(27)28-13(2)19(25)23-18-16-11-6-5-9-14(16)15-10-7-8-12-17(15)24(3)20(18)26/h5-13,18H,4H2,1-3H3,(H,22,27)(H,23,25)/t13-,18?/m0/s1. The second kappa shape index (κ2) is 8.12. The Morgan fingerprint density at radius 1 is 1.11 bits per heavy atom. The third kappa shape index (κ3) is 3.69. The Kier molecular flexibility index (Phi) is 5.63. The number of fused-ring (bicyclic) bond motifs is 3. The highest BCUT2D eigenvalue weighted by Gasteiger charge is 2.34. The number of ether oxygens (including phenoxy) is 1. The number of carbonyl (C=O) groups is 3. The number of likely N-dealkylation sites (N-methyl/N-ethyl adjacent to an activating group) is 1. The first kappa shape index (κ1) is 19.4. The van der Waals surface area contributed by atoms with Crippen LogP contribution < -0.4 is 15.5 Å². The normalized spacial score (nSPS) is 16.3. The minimum absolute atomic E-state index is 0.268. The molecular formula is C21H23N3O4. The van der Waals surface area contributed by atoms with Crippen LogP contribution in [0, 0.1) is 0 Å². The van der Waals surface area contributed by atoms with Gasteiger partial charge in [0.15, 0.2) is 6.10 Å². The Morgan fingerprint density at radius 3 is 2.46 bits per heavy atom. The third-order valence-electron chi connectivity index (χ3n) is 4.67. The van der Waals surface area contributed by atoms with E-state index in [0.29, 0.717) is 12.1 Å². The van der Waals surface area contributed by atoms with Crippen molar-refractivity contribution in [3.05, 3.63) is 54.1 Å². The van der Waals surface area contributed by atoms with Crippen LogP contribution in [0.15, 0.2) is 48.5 Å². The Bertz CT molecular complexity index is 912. The van der Waals surface area contributed by atoms with Crippen LogP contribution in [0.1, 0.15) is 25.5 Å². The van der Waals surface area contributed by atoms with E-state index in [9.17, 15) is 14.4 Å². The Hall–Kier alpha value is -3.35. The molecule has 1 heterocycles. The predicted molar refractivity (Wildman–Crippen MR) is 106 cm³/mol. The predicted octanol–water partition coefficient (Wildman–Crippen LogP) is 2.62. The molecule has 7 nitrogen and oxygen atoms in total. The second-order valence-corrected chi connectivity index (χ2v) is 6.52. The first-order chi connectivity index (χ1) is 13.4. The van der Waals surface area contributed by atoms with E-state index in [4.69, 9.17) is 4.74 Å². The lowest BCUT2D eigenvalue weighted by Gasteiger charge is -2.24. The molecule has 2 aromatic rings. The molecule has 0 aliphatic carbocycles. The number of nitrogens with zero attached hydrogens (tertiary/aromatic N) is 1. The molecule has 1 unspecified atom stereocenters. The van der Waals surface area contributed by atoms with E-state index in [-0.39, 0.29) is 5.91 Å². The van der Waals surface area contributed by atoms with Gasteiger partial charge in [0.25, 0.3) is 11.8 Å². The molecule has 0 bridgehead atoms. The van der Waals surface area contributed by atoms with Gasteiger partial charge in [0, 0.05) is 19.2 Å². The molecule has 0 saturated heterocycles. The van der Waals surface area contributed by atoms with Crippen LogP contribution in [0.4, 0.5) is 10.5 Å². The molecule has 2 N–H and O–H groups in total. The number of alkyl carbamates (subject to hydrolysis) is 1. The largest absolute Gasteiger partial charge is 0.436 e. The molecule has 28 heavy (non-hydrogen) atoms. The SMILES string of the molecule is CCNC(=O)O[C@@H](C)C(=O)NC1C(=O)N(C)c2ccccc2-c2ccccc21. The van der Waals surface area contributed by atoms with Gasteiger partial charge in [-0.25, -0.2) is 4.79 Å². The van der Waals surface area contributed by atoms with Crippen LogP contribution in [0.5, 0.6) is 0 Å². The van der Waals surface area contributed by atoms with Crippen molar-refractivity contribution in [1.82, 2.24) is 10.6 Å². The highest BCUT2D eigenvalue weighted by Crippen LogP contribution is 2.39. The van der Waals surface area contributed by atoms with E-state index >= 15 is 0 Å². The molecule has 0 radical (unpaired) electrons. The lowest BCUT2D eigenvalue weighted by atomic mass is 9.95. The van der Waals surface area contributed by atoms with Gasteiger partial charge in [0.1, 0.15) is 6.04 Å². The molecular weight excluding hydrogens is 358 g/mol. The zero-order chi connectivity index (χ0) is 20.3. The summed E-state index contributed by atoms with van der Waals surface area (Å²) in [5, 5.41) is 5.21. The van der Waals surface area contributed by atoms with Gasteiger partial charge in [-0.05, 0) is 31.0 Å². The zero-order valence-electron chi connectivity index (χ0n) is 16.1. The van der Waals surface area contributed by atoms with E-state index in [1.165, 1.54) is 11.8 Å². The molecule has 2 aromatic carbocycles. The Labute approximate surface area is 163 Å². The first-order valence-corrected chi connectivity index (χ1v) is 9.14. The van der Waals surface area contributed by atoms with Crippen LogP contribution in [0.3, 0.4) is 0 Å². The van der Waals surface area contributed by atoms with Crippen LogP contribution in [-0.4, -0.2) is 37.6 Å². The number of rotatable bonds is 4. The van der Waals surface area contributed by atoms with Gasteiger partial charge >= 0.3 is 6.09 Å². The molecule has 0 saturated carbocycles.